The van der Waals surface area contributed by atoms with Gasteiger partial charge in [-0.3, -0.25) is 4.79 Å². The Labute approximate surface area is 149 Å². The summed E-state index contributed by atoms with van der Waals surface area (Å²) in [5.41, 5.74) is 1.10. The van der Waals surface area contributed by atoms with Crippen LogP contribution < -0.4 is 0 Å². The molecular weight excluding hydrogens is 347 g/mol. The van der Waals surface area contributed by atoms with Gasteiger partial charge in [0.15, 0.2) is 5.78 Å². The molecule has 3 aromatic rings. The second-order valence-electron chi connectivity index (χ2n) is 4.88. The number of rotatable bonds is 4. The highest BCUT2D eigenvalue weighted by Gasteiger charge is 2.15. The average Bonchev–Trinajstić information content (AvgIpc) is 2.59. The maximum atomic E-state index is 12.5. The molecule has 23 heavy (non-hydrogen) atoms. The quantitative estimate of drug-likeness (QED) is 0.503. The van der Waals surface area contributed by atoms with Crippen LogP contribution in [0.3, 0.4) is 0 Å². The second-order valence-corrected chi connectivity index (χ2v) is 6.78. The molecule has 0 aromatic heterocycles. The molecule has 0 atom stereocenters. The van der Waals surface area contributed by atoms with E-state index in [1.807, 2.05) is 48.5 Å². The maximum absolute atomic E-state index is 12.5. The smallest absolute Gasteiger partial charge is 0.193 e. The van der Waals surface area contributed by atoms with E-state index in [4.69, 9.17) is 23.2 Å². The first-order valence-corrected chi connectivity index (χ1v) is 8.54. The molecule has 0 N–H and O–H groups in total. The minimum Gasteiger partial charge on any atom is -0.289 e. The molecule has 0 fully saturated rings. The van der Waals surface area contributed by atoms with Crippen molar-refractivity contribution in [3.63, 3.8) is 0 Å². The van der Waals surface area contributed by atoms with E-state index in [0.29, 0.717) is 21.2 Å². The zero-order valence-electron chi connectivity index (χ0n) is 12.0. The largest absolute Gasteiger partial charge is 0.289 e. The lowest BCUT2D eigenvalue weighted by Crippen LogP contribution is -2.01. The number of benzene rings is 3. The van der Waals surface area contributed by atoms with Gasteiger partial charge >= 0.3 is 0 Å². The summed E-state index contributed by atoms with van der Waals surface area (Å²) in [4.78, 5) is 14.3. The molecular formula is C19H12Cl2OS. The molecule has 0 heterocycles. The number of hydrogen-bond acceptors (Lipinski definition) is 2. The average molecular weight is 359 g/mol. The number of carbonyl (C=O) groups is 1. The van der Waals surface area contributed by atoms with E-state index in [9.17, 15) is 4.79 Å². The Morgan fingerprint density at radius 1 is 0.739 bits per heavy atom. The van der Waals surface area contributed by atoms with Gasteiger partial charge in [-0.05, 0) is 24.3 Å². The predicted octanol–water partition coefficient (Wildman–Crippen LogP) is 6.38. The van der Waals surface area contributed by atoms with Crippen LogP contribution in [0.2, 0.25) is 10.0 Å². The molecule has 0 bridgehead atoms. The minimum atomic E-state index is -0.0920. The van der Waals surface area contributed by atoms with Gasteiger partial charge < -0.3 is 0 Å². The first-order valence-electron chi connectivity index (χ1n) is 6.97. The van der Waals surface area contributed by atoms with Crippen LogP contribution in [0.5, 0.6) is 0 Å². The molecule has 4 heteroatoms. The third kappa shape index (κ3) is 3.78. The number of halogens is 2. The normalized spacial score (nSPS) is 10.5. The fraction of sp³-hybridized carbons (Fsp3) is 0. The highest BCUT2D eigenvalue weighted by atomic mass is 35.5. The Bertz CT molecular complexity index is 809. The summed E-state index contributed by atoms with van der Waals surface area (Å²) in [5, 5.41) is 0.955. The Kier molecular flexibility index (Phi) is 5.06. The van der Waals surface area contributed by atoms with Gasteiger partial charge in [0.05, 0.1) is 10.0 Å². The molecule has 0 unspecified atom stereocenters. The van der Waals surface area contributed by atoms with E-state index in [0.717, 1.165) is 9.79 Å². The fourth-order valence-electron chi connectivity index (χ4n) is 2.15. The van der Waals surface area contributed by atoms with Crippen molar-refractivity contribution in [2.75, 3.05) is 0 Å². The molecule has 114 valence electrons. The van der Waals surface area contributed by atoms with Crippen molar-refractivity contribution >= 4 is 40.7 Å². The molecule has 0 aliphatic heterocycles. The van der Waals surface area contributed by atoms with Crippen molar-refractivity contribution in [3.8, 4) is 0 Å². The molecule has 0 saturated heterocycles. The lowest BCUT2D eigenvalue weighted by Gasteiger charge is -2.09. The summed E-state index contributed by atoms with van der Waals surface area (Å²) in [6.45, 7) is 0. The summed E-state index contributed by atoms with van der Waals surface area (Å²) in [5.74, 6) is -0.0920. The zero-order chi connectivity index (χ0) is 16.2. The van der Waals surface area contributed by atoms with Crippen molar-refractivity contribution in [3.05, 3.63) is 94.0 Å². The first kappa shape index (κ1) is 16.1. The van der Waals surface area contributed by atoms with Crippen LogP contribution >= 0.6 is 35.0 Å². The zero-order valence-corrected chi connectivity index (χ0v) is 14.3. The lowest BCUT2D eigenvalue weighted by molar-refractivity contribution is 0.103. The van der Waals surface area contributed by atoms with E-state index < -0.39 is 0 Å². The topological polar surface area (TPSA) is 17.1 Å². The Balaban J connectivity index is 1.93. The van der Waals surface area contributed by atoms with E-state index >= 15 is 0 Å². The van der Waals surface area contributed by atoms with E-state index in [-0.39, 0.29) is 5.78 Å². The summed E-state index contributed by atoms with van der Waals surface area (Å²) in [6, 6.07) is 22.3. The summed E-state index contributed by atoms with van der Waals surface area (Å²) in [7, 11) is 0. The van der Waals surface area contributed by atoms with E-state index in [2.05, 4.69) is 0 Å². The van der Waals surface area contributed by atoms with Crippen LogP contribution in [0.15, 0.2) is 82.6 Å². The van der Waals surface area contributed by atoms with Crippen LogP contribution in [-0.2, 0) is 0 Å². The molecule has 0 saturated carbocycles. The molecule has 0 aliphatic carbocycles. The van der Waals surface area contributed by atoms with Crippen molar-refractivity contribution in [1.82, 2.24) is 0 Å². The van der Waals surface area contributed by atoms with Gasteiger partial charge in [0.2, 0.25) is 0 Å². The highest BCUT2D eigenvalue weighted by molar-refractivity contribution is 7.99. The second kappa shape index (κ2) is 7.22. The molecule has 0 amide bonds. The van der Waals surface area contributed by atoms with Gasteiger partial charge in [-0.15, -0.1) is 0 Å². The molecule has 0 radical (unpaired) electrons. The van der Waals surface area contributed by atoms with Gasteiger partial charge in [0.25, 0.3) is 0 Å². The molecule has 1 nitrogen and oxygen atoms in total. The van der Waals surface area contributed by atoms with Crippen LogP contribution in [0.4, 0.5) is 0 Å². The van der Waals surface area contributed by atoms with Crippen LogP contribution in [-0.4, -0.2) is 5.78 Å². The summed E-state index contributed by atoms with van der Waals surface area (Å²) >= 11 is 14.2. The number of ketones is 1. The standard InChI is InChI=1S/C19H12Cl2OS/c20-16-11-14(18(22)13-7-3-1-4-8-13)12-17(21)19(16)23-15-9-5-2-6-10-15/h1-12H. The van der Waals surface area contributed by atoms with Crippen LogP contribution in [0.1, 0.15) is 15.9 Å². The van der Waals surface area contributed by atoms with Crippen molar-refractivity contribution in [1.29, 1.82) is 0 Å². The van der Waals surface area contributed by atoms with Crippen molar-refractivity contribution < 1.29 is 4.79 Å². The molecule has 3 rings (SSSR count). The van der Waals surface area contributed by atoms with Gasteiger partial charge in [-0.25, -0.2) is 0 Å². The monoisotopic (exact) mass is 358 g/mol. The lowest BCUT2D eigenvalue weighted by atomic mass is 10.0. The third-order valence-corrected chi connectivity index (χ3v) is 5.23. The van der Waals surface area contributed by atoms with Crippen molar-refractivity contribution in [2.45, 2.75) is 9.79 Å². The molecule has 0 aliphatic rings. The Morgan fingerprint density at radius 3 is 1.83 bits per heavy atom. The van der Waals surface area contributed by atoms with Crippen LogP contribution in [0, 0.1) is 0 Å². The number of hydrogen-bond donors (Lipinski definition) is 0. The summed E-state index contributed by atoms with van der Waals surface area (Å²) < 4.78 is 0. The Morgan fingerprint density at radius 2 is 1.26 bits per heavy atom. The maximum Gasteiger partial charge on any atom is 0.193 e. The van der Waals surface area contributed by atoms with Gasteiger partial charge in [0.1, 0.15) is 0 Å². The van der Waals surface area contributed by atoms with Crippen molar-refractivity contribution in [2.24, 2.45) is 0 Å². The first-order chi connectivity index (χ1) is 11.1. The summed E-state index contributed by atoms with van der Waals surface area (Å²) in [6.07, 6.45) is 0. The van der Waals surface area contributed by atoms with E-state index in [1.165, 1.54) is 11.8 Å². The van der Waals surface area contributed by atoms with Gasteiger partial charge in [-0.2, -0.15) is 0 Å². The van der Waals surface area contributed by atoms with Gasteiger partial charge in [-0.1, -0.05) is 83.5 Å². The predicted molar refractivity (Wildman–Crippen MR) is 96.9 cm³/mol. The Hall–Kier alpha value is -1.74. The fourth-order valence-corrected chi connectivity index (χ4v) is 3.71. The molecule has 3 aromatic carbocycles. The third-order valence-electron chi connectivity index (χ3n) is 3.26. The minimum absolute atomic E-state index is 0.0920. The van der Waals surface area contributed by atoms with E-state index in [1.54, 1.807) is 24.3 Å². The molecule has 0 spiro atoms. The highest BCUT2D eigenvalue weighted by Crippen LogP contribution is 2.39. The number of carbonyl (C=O) groups excluding carboxylic acids is 1. The van der Waals surface area contributed by atoms with Gasteiger partial charge in [0, 0.05) is 20.9 Å². The SMILES string of the molecule is O=C(c1ccccc1)c1cc(Cl)c(Sc2ccccc2)c(Cl)c1. The van der Waals surface area contributed by atoms with Crippen LogP contribution in [0.25, 0.3) is 0 Å².